The lowest BCUT2D eigenvalue weighted by molar-refractivity contribution is 0.0944. The molecule has 0 atom stereocenters. The topological polar surface area (TPSA) is 70.7 Å². The van der Waals surface area contributed by atoms with Gasteiger partial charge in [-0.25, -0.2) is 9.97 Å². The second-order valence-electron chi connectivity index (χ2n) is 5.29. The van der Waals surface area contributed by atoms with Crippen molar-refractivity contribution in [2.45, 2.75) is 19.9 Å². The number of hydrogen-bond donors (Lipinski definition) is 2. The molecule has 6 heteroatoms. The van der Waals surface area contributed by atoms with E-state index in [1.165, 1.54) is 0 Å². The van der Waals surface area contributed by atoms with Crippen molar-refractivity contribution in [3.63, 3.8) is 0 Å². The van der Waals surface area contributed by atoms with Crippen LogP contribution in [0.15, 0.2) is 36.7 Å². The zero-order chi connectivity index (χ0) is 15.7. The molecule has 3 rings (SSSR count). The van der Waals surface area contributed by atoms with Crippen LogP contribution >= 0.6 is 22.6 Å². The highest BCUT2D eigenvalue weighted by molar-refractivity contribution is 14.1. The number of aromatic amines is 1. The van der Waals surface area contributed by atoms with Crippen LogP contribution in [-0.4, -0.2) is 26.9 Å². The van der Waals surface area contributed by atoms with Gasteiger partial charge in [-0.3, -0.25) is 4.79 Å². The van der Waals surface area contributed by atoms with Crippen LogP contribution in [0.2, 0.25) is 0 Å². The van der Waals surface area contributed by atoms with Gasteiger partial charge in [0.25, 0.3) is 5.91 Å². The molecule has 0 saturated heterocycles. The molecule has 2 heterocycles. The molecule has 2 aromatic heterocycles. The summed E-state index contributed by atoms with van der Waals surface area (Å²) in [6.45, 7) is 3.85. The van der Waals surface area contributed by atoms with Crippen molar-refractivity contribution in [1.29, 1.82) is 0 Å². The Labute approximate surface area is 141 Å². The molecule has 112 valence electrons. The summed E-state index contributed by atoms with van der Waals surface area (Å²) in [5.74, 6) is -0.143. The molecule has 0 fully saturated rings. The lowest BCUT2D eigenvalue weighted by Gasteiger charge is -2.07. The smallest absolute Gasteiger partial charge is 0.255 e. The molecule has 22 heavy (non-hydrogen) atoms. The zero-order valence-corrected chi connectivity index (χ0v) is 14.4. The number of halogens is 1. The van der Waals surface area contributed by atoms with E-state index in [1.54, 1.807) is 12.4 Å². The van der Waals surface area contributed by atoms with Crippen molar-refractivity contribution in [2.24, 2.45) is 0 Å². The second-order valence-corrected chi connectivity index (χ2v) is 6.54. The molecule has 5 nitrogen and oxygen atoms in total. The Morgan fingerprint density at radius 2 is 2.18 bits per heavy atom. The minimum atomic E-state index is -0.143. The summed E-state index contributed by atoms with van der Waals surface area (Å²) in [5.41, 5.74) is 3.46. The van der Waals surface area contributed by atoms with E-state index in [4.69, 9.17) is 0 Å². The van der Waals surface area contributed by atoms with Crippen molar-refractivity contribution < 1.29 is 4.79 Å². The van der Waals surface area contributed by atoms with Gasteiger partial charge >= 0.3 is 0 Å². The number of fused-ring (bicyclic) bond motifs is 1. The molecule has 1 aromatic carbocycles. The molecular formula is C16H15IN4O. The summed E-state index contributed by atoms with van der Waals surface area (Å²) >= 11 is 2.26. The number of nitrogens with zero attached hydrogens (tertiary/aromatic N) is 2. The van der Waals surface area contributed by atoms with Crippen molar-refractivity contribution in [3.05, 3.63) is 45.8 Å². The van der Waals surface area contributed by atoms with Crippen molar-refractivity contribution >= 4 is 39.7 Å². The van der Waals surface area contributed by atoms with Crippen molar-refractivity contribution in [3.8, 4) is 11.3 Å². The average molecular weight is 406 g/mol. The van der Waals surface area contributed by atoms with E-state index in [0.29, 0.717) is 16.7 Å². The SMILES string of the molecule is CC(C)NC(=O)c1c[nH]c2ncc(-c3cccc(I)c3)nc12. The van der Waals surface area contributed by atoms with Crippen LogP contribution in [0.5, 0.6) is 0 Å². The number of carbonyl (C=O) groups is 1. The van der Waals surface area contributed by atoms with Gasteiger partial charge in [0.2, 0.25) is 0 Å². The third-order valence-corrected chi connectivity index (χ3v) is 3.84. The summed E-state index contributed by atoms with van der Waals surface area (Å²) in [6, 6.07) is 8.10. The third-order valence-electron chi connectivity index (χ3n) is 3.17. The van der Waals surface area contributed by atoms with Crippen LogP contribution < -0.4 is 5.32 Å². The molecule has 1 amide bonds. The Morgan fingerprint density at radius 1 is 1.36 bits per heavy atom. The molecule has 0 radical (unpaired) electrons. The quantitative estimate of drug-likeness (QED) is 0.656. The van der Waals surface area contributed by atoms with Gasteiger partial charge in [0, 0.05) is 21.4 Å². The van der Waals surface area contributed by atoms with Gasteiger partial charge in [-0.15, -0.1) is 0 Å². The normalized spacial score (nSPS) is 11.1. The van der Waals surface area contributed by atoms with Gasteiger partial charge in [-0.1, -0.05) is 12.1 Å². The van der Waals surface area contributed by atoms with Crippen molar-refractivity contribution in [1.82, 2.24) is 20.3 Å². The number of benzene rings is 1. The fourth-order valence-electron chi connectivity index (χ4n) is 2.19. The number of amides is 1. The Bertz CT molecular complexity index is 841. The average Bonchev–Trinajstić information content (AvgIpc) is 2.89. The summed E-state index contributed by atoms with van der Waals surface area (Å²) in [5, 5.41) is 2.88. The Hall–Kier alpha value is -1.96. The fraction of sp³-hybridized carbons (Fsp3) is 0.188. The molecule has 2 N–H and O–H groups in total. The third kappa shape index (κ3) is 2.96. The van der Waals surface area contributed by atoms with E-state index in [0.717, 1.165) is 14.8 Å². The van der Waals surface area contributed by atoms with Crippen molar-refractivity contribution in [2.75, 3.05) is 0 Å². The fourth-order valence-corrected chi connectivity index (χ4v) is 2.73. The highest BCUT2D eigenvalue weighted by Crippen LogP contribution is 2.22. The van der Waals surface area contributed by atoms with E-state index in [9.17, 15) is 4.79 Å². The van der Waals surface area contributed by atoms with Crippen LogP contribution in [0.1, 0.15) is 24.2 Å². The zero-order valence-electron chi connectivity index (χ0n) is 12.2. The first-order valence-electron chi connectivity index (χ1n) is 6.95. The number of H-pyrrole nitrogens is 1. The first-order chi connectivity index (χ1) is 10.5. The predicted octanol–water partition coefficient (Wildman–Crippen LogP) is 3.37. The molecular weight excluding hydrogens is 391 g/mol. The van der Waals surface area contributed by atoms with E-state index in [-0.39, 0.29) is 11.9 Å². The lowest BCUT2D eigenvalue weighted by Crippen LogP contribution is -2.29. The number of aromatic nitrogens is 3. The van der Waals surface area contributed by atoms with Gasteiger partial charge in [0.15, 0.2) is 5.65 Å². The maximum absolute atomic E-state index is 12.2. The molecule has 0 aliphatic rings. The number of rotatable bonds is 3. The number of nitrogens with one attached hydrogen (secondary N) is 2. The maximum atomic E-state index is 12.2. The van der Waals surface area contributed by atoms with Gasteiger partial charge < -0.3 is 10.3 Å². The van der Waals surface area contributed by atoms with E-state index < -0.39 is 0 Å². The molecule has 0 aliphatic heterocycles. The molecule has 3 aromatic rings. The molecule has 0 spiro atoms. The molecule has 0 bridgehead atoms. The second kappa shape index (κ2) is 6.04. The minimum Gasteiger partial charge on any atom is -0.350 e. The summed E-state index contributed by atoms with van der Waals surface area (Å²) < 4.78 is 1.13. The number of hydrogen-bond acceptors (Lipinski definition) is 3. The van der Waals surface area contributed by atoms with Gasteiger partial charge in [-0.2, -0.15) is 0 Å². The first kappa shape index (κ1) is 15.0. The Morgan fingerprint density at radius 3 is 2.91 bits per heavy atom. The van der Waals surface area contributed by atoms with Gasteiger partial charge in [0.1, 0.15) is 5.52 Å². The first-order valence-corrected chi connectivity index (χ1v) is 8.03. The summed E-state index contributed by atoms with van der Waals surface area (Å²) in [6.07, 6.45) is 3.37. The lowest BCUT2D eigenvalue weighted by atomic mass is 10.1. The summed E-state index contributed by atoms with van der Waals surface area (Å²) in [7, 11) is 0. The summed E-state index contributed by atoms with van der Waals surface area (Å²) in [4.78, 5) is 24.2. The molecule has 0 saturated carbocycles. The van der Waals surface area contributed by atoms with Crippen LogP contribution in [0, 0.1) is 3.57 Å². The molecule has 0 aliphatic carbocycles. The predicted molar refractivity (Wildman–Crippen MR) is 94.6 cm³/mol. The Kier molecular flexibility index (Phi) is 4.10. The highest BCUT2D eigenvalue weighted by atomic mass is 127. The van der Waals surface area contributed by atoms with Crippen LogP contribution in [0.25, 0.3) is 22.4 Å². The van der Waals surface area contributed by atoms with Crippen LogP contribution in [0.4, 0.5) is 0 Å². The van der Waals surface area contributed by atoms with Gasteiger partial charge in [0.05, 0.1) is 17.5 Å². The minimum absolute atomic E-state index is 0.0734. The molecule has 0 unspecified atom stereocenters. The highest BCUT2D eigenvalue weighted by Gasteiger charge is 2.15. The number of carbonyl (C=O) groups excluding carboxylic acids is 1. The van der Waals surface area contributed by atoms with Crippen LogP contribution in [-0.2, 0) is 0 Å². The van der Waals surface area contributed by atoms with E-state index >= 15 is 0 Å². The monoisotopic (exact) mass is 406 g/mol. The largest absolute Gasteiger partial charge is 0.350 e. The maximum Gasteiger partial charge on any atom is 0.255 e. The Balaban J connectivity index is 2.07. The van der Waals surface area contributed by atoms with Crippen LogP contribution in [0.3, 0.4) is 0 Å². The van der Waals surface area contributed by atoms with E-state index in [1.807, 2.05) is 38.1 Å². The van der Waals surface area contributed by atoms with E-state index in [2.05, 4.69) is 42.9 Å². The van der Waals surface area contributed by atoms with Gasteiger partial charge in [-0.05, 0) is 48.6 Å². The standard InChI is InChI=1S/C16H15IN4O/c1-9(2)20-16(22)12-7-18-15-14(12)21-13(8-19-15)10-4-3-5-11(17)6-10/h3-9H,1-2H3,(H,18,19)(H,20,22).